The number of nitrogens with two attached hydrogens (primary N) is 1. The summed E-state index contributed by atoms with van der Waals surface area (Å²) in [5.74, 6) is 1.94. The minimum absolute atomic E-state index is 0.215. The highest BCUT2D eigenvalue weighted by Crippen LogP contribution is 2.27. The first kappa shape index (κ1) is 15.0. The van der Waals surface area contributed by atoms with E-state index in [4.69, 9.17) is 5.84 Å². The quantitative estimate of drug-likeness (QED) is 0.449. The molecular formula is C13H14F3N5. The highest BCUT2D eigenvalue weighted by molar-refractivity contribution is 5.65. The van der Waals surface area contributed by atoms with Crippen molar-refractivity contribution in [2.75, 3.05) is 10.7 Å². The number of hydrogen-bond acceptors (Lipinski definition) is 5. The average molecular weight is 297 g/mol. The summed E-state index contributed by atoms with van der Waals surface area (Å²) in [6, 6.07) is 1.94. The van der Waals surface area contributed by atoms with Gasteiger partial charge in [-0.25, -0.2) is 29.0 Å². The van der Waals surface area contributed by atoms with Crippen molar-refractivity contribution in [1.82, 2.24) is 9.97 Å². The summed E-state index contributed by atoms with van der Waals surface area (Å²) in [5, 5.41) is 2.64. The van der Waals surface area contributed by atoms with Gasteiger partial charge < -0.3 is 10.7 Å². The van der Waals surface area contributed by atoms with Crippen LogP contribution in [0.5, 0.6) is 0 Å². The fourth-order valence-electron chi connectivity index (χ4n) is 1.88. The zero-order valence-corrected chi connectivity index (χ0v) is 11.3. The van der Waals surface area contributed by atoms with E-state index in [9.17, 15) is 13.2 Å². The second-order valence-electron chi connectivity index (χ2n) is 4.29. The molecule has 0 radical (unpaired) electrons. The average Bonchev–Trinajstić information content (AvgIpc) is 2.49. The van der Waals surface area contributed by atoms with Crippen LogP contribution in [0.2, 0.25) is 0 Å². The smallest absolute Gasteiger partial charge is 0.196 e. The maximum absolute atomic E-state index is 13.7. The van der Waals surface area contributed by atoms with Crippen molar-refractivity contribution in [2.24, 2.45) is 5.84 Å². The Hall–Kier alpha value is -2.35. The maximum atomic E-state index is 13.7. The number of nitrogens with one attached hydrogen (secondary N) is 2. The summed E-state index contributed by atoms with van der Waals surface area (Å²) in [4.78, 5) is 7.95. The Kier molecular flexibility index (Phi) is 4.59. The molecule has 8 heteroatoms. The minimum Gasteiger partial charge on any atom is -0.337 e. The van der Waals surface area contributed by atoms with Gasteiger partial charge in [0.1, 0.15) is 18.0 Å². The molecule has 0 bridgehead atoms. The Morgan fingerprint density at radius 3 is 2.48 bits per heavy atom. The van der Waals surface area contributed by atoms with Crippen LogP contribution in [-0.2, 0) is 6.42 Å². The number of benzene rings is 1. The number of aromatic nitrogens is 2. The Morgan fingerprint density at radius 1 is 1.10 bits per heavy atom. The minimum atomic E-state index is -1.54. The van der Waals surface area contributed by atoms with Gasteiger partial charge in [0, 0.05) is 5.56 Å². The number of halogens is 3. The largest absolute Gasteiger partial charge is 0.337 e. The third-order valence-corrected chi connectivity index (χ3v) is 2.87. The molecule has 1 heterocycles. The Labute approximate surface area is 119 Å². The lowest BCUT2D eigenvalue weighted by molar-refractivity contribution is 0.449. The predicted molar refractivity (Wildman–Crippen MR) is 73.4 cm³/mol. The number of rotatable bonds is 5. The van der Waals surface area contributed by atoms with Crippen molar-refractivity contribution in [3.63, 3.8) is 0 Å². The normalized spacial score (nSPS) is 10.5. The van der Waals surface area contributed by atoms with Crippen molar-refractivity contribution < 1.29 is 13.2 Å². The fourth-order valence-corrected chi connectivity index (χ4v) is 1.88. The third-order valence-electron chi connectivity index (χ3n) is 2.87. The summed E-state index contributed by atoms with van der Waals surface area (Å²) >= 11 is 0. The Balaban J connectivity index is 2.42. The van der Waals surface area contributed by atoms with Crippen LogP contribution in [0.15, 0.2) is 18.5 Å². The van der Waals surface area contributed by atoms with Gasteiger partial charge in [-0.2, -0.15) is 0 Å². The Morgan fingerprint density at radius 2 is 1.81 bits per heavy atom. The van der Waals surface area contributed by atoms with Gasteiger partial charge in [0.05, 0.1) is 5.69 Å². The lowest BCUT2D eigenvalue weighted by Gasteiger charge is -2.14. The predicted octanol–water partition coefficient (Wildman–Crippen LogP) is 2.88. The van der Waals surface area contributed by atoms with Crippen LogP contribution in [0, 0.1) is 17.5 Å². The second kappa shape index (κ2) is 6.40. The topological polar surface area (TPSA) is 75.9 Å². The van der Waals surface area contributed by atoms with Crippen LogP contribution < -0.4 is 16.6 Å². The zero-order valence-electron chi connectivity index (χ0n) is 11.3. The van der Waals surface area contributed by atoms with Crippen molar-refractivity contribution >= 4 is 17.3 Å². The van der Waals surface area contributed by atoms with Crippen LogP contribution in [-0.4, -0.2) is 9.97 Å². The van der Waals surface area contributed by atoms with E-state index in [1.807, 2.05) is 6.92 Å². The van der Waals surface area contributed by atoms with E-state index in [0.29, 0.717) is 17.8 Å². The summed E-state index contributed by atoms with van der Waals surface area (Å²) in [7, 11) is 0. The number of nitrogen functional groups attached to an aromatic ring is 1. The monoisotopic (exact) mass is 297 g/mol. The lowest BCUT2D eigenvalue weighted by atomic mass is 10.1. The van der Waals surface area contributed by atoms with Gasteiger partial charge >= 0.3 is 0 Å². The number of hydrogen-bond donors (Lipinski definition) is 3. The van der Waals surface area contributed by atoms with Crippen LogP contribution in [0.25, 0.3) is 0 Å². The summed E-state index contributed by atoms with van der Waals surface area (Å²) < 4.78 is 39.8. The molecule has 0 aliphatic carbocycles. The molecule has 2 rings (SSSR count). The van der Waals surface area contributed by atoms with Crippen LogP contribution in [0.1, 0.15) is 18.9 Å². The SMILES string of the molecule is CCCc1c(NN)ncnc1Nc1ccc(F)c(F)c1F. The van der Waals surface area contributed by atoms with Gasteiger partial charge in [-0.3, -0.25) is 0 Å². The molecule has 1 aromatic heterocycles. The number of nitrogens with zero attached hydrogens (tertiary/aromatic N) is 2. The highest BCUT2D eigenvalue weighted by atomic mass is 19.2. The number of anilines is 3. The molecule has 0 saturated carbocycles. The molecular weight excluding hydrogens is 283 g/mol. The molecule has 21 heavy (non-hydrogen) atoms. The molecule has 0 aliphatic heterocycles. The fraction of sp³-hybridized carbons (Fsp3) is 0.231. The van der Waals surface area contributed by atoms with E-state index in [2.05, 4.69) is 20.7 Å². The molecule has 4 N–H and O–H groups in total. The summed E-state index contributed by atoms with van der Waals surface area (Å²) in [6.07, 6.45) is 2.58. The van der Waals surface area contributed by atoms with Crippen molar-refractivity contribution in [3.8, 4) is 0 Å². The van der Waals surface area contributed by atoms with Gasteiger partial charge in [0.2, 0.25) is 0 Å². The van der Waals surface area contributed by atoms with Crippen molar-refractivity contribution in [3.05, 3.63) is 41.5 Å². The highest BCUT2D eigenvalue weighted by Gasteiger charge is 2.16. The summed E-state index contributed by atoms with van der Waals surface area (Å²) in [6.45, 7) is 1.94. The Bertz CT molecular complexity index is 648. The van der Waals surface area contributed by atoms with E-state index in [-0.39, 0.29) is 11.5 Å². The summed E-state index contributed by atoms with van der Waals surface area (Å²) in [5.41, 5.74) is 2.84. The van der Waals surface area contributed by atoms with Gasteiger partial charge in [-0.15, -0.1) is 0 Å². The van der Waals surface area contributed by atoms with Crippen LogP contribution >= 0.6 is 0 Å². The number of hydrazine groups is 1. The first-order chi connectivity index (χ1) is 10.1. The molecule has 0 atom stereocenters. The van der Waals surface area contributed by atoms with E-state index in [0.717, 1.165) is 18.6 Å². The lowest BCUT2D eigenvalue weighted by Crippen LogP contribution is -2.13. The molecule has 1 aromatic carbocycles. The van der Waals surface area contributed by atoms with Crippen molar-refractivity contribution in [1.29, 1.82) is 0 Å². The second-order valence-corrected chi connectivity index (χ2v) is 4.29. The van der Waals surface area contributed by atoms with Gasteiger partial charge in [-0.1, -0.05) is 13.3 Å². The van der Waals surface area contributed by atoms with Crippen molar-refractivity contribution in [2.45, 2.75) is 19.8 Å². The molecule has 0 saturated heterocycles. The van der Waals surface area contributed by atoms with E-state index < -0.39 is 17.5 Å². The molecule has 0 unspecified atom stereocenters. The van der Waals surface area contributed by atoms with Crippen LogP contribution in [0.4, 0.5) is 30.5 Å². The molecule has 0 spiro atoms. The van der Waals surface area contributed by atoms with Gasteiger partial charge in [0.25, 0.3) is 0 Å². The molecule has 0 fully saturated rings. The third kappa shape index (κ3) is 3.05. The van der Waals surface area contributed by atoms with Crippen LogP contribution in [0.3, 0.4) is 0 Å². The van der Waals surface area contributed by atoms with E-state index in [1.54, 1.807) is 0 Å². The first-order valence-electron chi connectivity index (χ1n) is 6.29. The molecule has 112 valence electrons. The standard InChI is InChI=1S/C13H14F3N5/c1-2-3-7-12(18-6-19-13(7)21-17)20-9-5-4-8(14)10(15)11(9)16/h4-6H,2-3,17H2,1H3,(H2,18,19,20,21). The first-order valence-corrected chi connectivity index (χ1v) is 6.29. The van der Waals surface area contributed by atoms with E-state index >= 15 is 0 Å². The molecule has 0 aliphatic rings. The van der Waals surface area contributed by atoms with Gasteiger partial charge in [-0.05, 0) is 18.6 Å². The molecule has 2 aromatic rings. The van der Waals surface area contributed by atoms with Gasteiger partial charge in [0.15, 0.2) is 17.5 Å². The zero-order chi connectivity index (χ0) is 15.4. The molecule has 0 amide bonds. The molecule has 5 nitrogen and oxygen atoms in total. The van der Waals surface area contributed by atoms with E-state index in [1.165, 1.54) is 6.33 Å². The maximum Gasteiger partial charge on any atom is 0.196 e.